The third-order valence-electron chi connectivity index (χ3n) is 13.1. The summed E-state index contributed by atoms with van der Waals surface area (Å²) in [5.41, 5.74) is 8.02. The first-order chi connectivity index (χ1) is 26.4. The summed E-state index contributed by atoms with van der Waals surface area (Å²) in [6.07, 6.45) is 8.26. The van der Waals surface area contributed by atoms with Gasteiger partial charge in [-0.1, -0.05) is 35.9 Å². The van der Waals surface area contributed by atoms with Crippen LogP contribution in [0.25, 0.3) is 11.1 Å². The van der Waals surface area contributed by atoms with Crippen LogP contribution in [0.5, 0.6) is 0 Å². The Morgan fingerprint density at radius 3 is 1.98 bits per heavy atom. The molecule has 8 rings (SSSR count). The zero-order valence-electron chi connectivity index (χ0n) is 32.4. The summed E-state index contributed by atoms with van der Waals surface area (Å²) in [7, 11) is 3.78. The first-order valence-corrected chi connectivity index (χ1v) is 20.1. The molecular formula is C42H53ClN8O4. The van der Waals surface area contributed by atoms with Gasteiger partial charge in [0.15, 0.2) is 11.6 Å². The highest BCUT2D eigenvalue weighted by Gasteiger charge is 2.53. The number of carbonyl (C=O) groups excluding carboxylic acids is 2. The summed E-state index contributed by atoms with van der Waals surface area (Å²) in [6.45, 7) is 8.68. The second-order valence-corrected chi connectivity index (χ2v) is 17.2. The van der Waals surface area contributed by atoms with Gasteiger partial charge in [0.1, 0.15) is 0 Å². The van der Waals surface area contributed by atoms with E-state index in [0.29, 0.717) is 53.2 Å². The standard InChI is InChI=1S/C42H53ClN8O4/c1-26(53)21-51-19-12-35-33(23-51)45-37(49(35)4)39(54)46-30-9-5-7-28(27(30)2)29-8-6-10-31(36(29)43)47-40(55)38-44-32-22-50(18-11-34(32)48(38)3)20-17-41-13-15-42(24-41,25-52)16-14-41/h5-10,26,52-53H,11-25H2,1-4H3,(H,46,54)(H,47,55)/t26-,41?,42?/m1/s1. The highest BCUT2D eigenvalue weighted by Crippen LogP contribution is 2.62. The Balaban J connectivity index is 0.942. The van der Waals surface area contributed by atoms with Gasteiger partial charge in [0, 0.05) is 88.9 Å². The topological polar surface area (TPSA) is 141 Å². The molecule has 1 atom stereocenters. The molecule has 0 spiro atoms. The van der Waals surface area contributed by atoms with Crippen LogP contribution in [0.4, 0.5) is 11.4 Å². The molecule has 4 aromatic rings. The first kappa shape index (κ1) is 37.8. The molecule has 2 aromatic heterocycles. The average Bonchev–Trinajstić information content (AvgIpc) is 3.92. The van der Waals surface area contributed by atoms with E-state index in [1.165, 1.54) is 12.8 Å². The van der Waals surface area contributed by atoms with E-state index in [1.807, 2.05) is 60.5 Å². The molecular weight excluding hydrogens is 716 g/mol. The van der Waals surface area contributed by atoms with Crippen molar-refractivity contribution in [1.82, 2.24) is 28.9 Å². The largest absolute Gasteiger partial charge is 0.396 e. The van der Waals surface area contributed by atoms with Crippen LogP contribution in [-0.4, -0.2) is 89.8 Å². The number of hydrogen-bond acceptors (Lipinski definition) is 8. The normalized spacial score (nSPS) is 22.7. The quantitative estimate of drug-likeness (QED) is 0.152. The van der Waals surface area contributed by atoms with Crippen LogP contribution in [0.3, 0.4) is 0 Å². The third-order valence-corrected chi connectivity index (χ3v) is 13.5. The highest BCUT2D eigenvalue weighted by atomic mass is 35.5. The van der Waals surface area contributed by atoms with Gasteiger partial charge in [-0.3, -0.25) is 19.4 Å². The van der Waals surface area contributed by atoms with Crippen molar-refractivity contribution < 1.29 is 19.8 Å². The molecule has 2 aliphatic heterocycles. The van der Waals surface area contributed by atoms with Crippen molar-refractivity contribution in [1.29, 1.82) is 0 Å². The third kappa shape index (κ3) is 7.12. The molecule has 2 saturated carbocycles. The Morgan fingerprint density at radius 2 is 1.38 bits per heavy atom. The highest BCUT2D eigenvalue weighted by molar-refractivity contribution is 6.36. The minimum Gasteiger partial charge on any atom is -0.396 e. The van der Waals surface area contributed by atoms with Gasteiger partial charge in [-0.15, -0.1) is 0 Å². The summed E-state index contributed by atoms with van der Waals surface area (Å²) >= 11 is 7.03. The number of halogens is 1. The van der Waals surface area contributed by atoms with Crippen molar-refractivity contribution in [3.05, 3.63) is 81.4 Å². The maximum atomic E-state index is 13.8. The number of benzene rings is 2. The van der Waals surface area contributed by atoms with Crippen LogP contribution in [0.1, 0.15) is 95.0 Å². The Hall–Kier alpha value is -4.07. The first-order valence-electron chi connectivity index (χ1n) is 19.7. The van der Waals surface area contributed by atoms with Gasteiger partial charge < -0.3 is 30.0 Å². The lowest BCUT2D eigenvalue weighted by Gasteiger charge is -2.32. The van der Waals surface area contributed by atoms with Gasteiger partial charge >= 0.3 is 0 Å². The minimum atomic E-state index is -0.430. The van der Waals surface area contributed by atoms with Gasteiger partial charge in [-0.2, -0.15) is 0 Å². The Labute approximate surface area is 327 Å². The Kier molecular flexibility index (Phi) is 10.2. The lowest BCUT2D eigenvalue weighted by atomic mass is 9.80. The van der Waals surface area contributed by atoms with Crippen LogP contribution in [-0.2, 0) is 40.0 Å². The molecule has 2 amide bonds. The molecule has 292 valence electrons. The van der Waals surface area contributed by atoms with E-state index in [1.54, 1.807) is 13.0 Å². The predicted octanol–water partition coefficient (Wildman–Crippen LogP) is 5.72. The van der Waals surface area contributed by atoms with E-state index < -0.39 is 6.10 Å². The summed E-state index contributed by atoms with van der Waals surface area (Å²) in [5.74, 6) is 0.0815. The fourth-order valence-corrected chi connectivity index (χ4v) is 10.2. The number of rotatable bonds is 11. The van der Waals surface area contributed by atoms with Crippen LogP contribution in [0.15, 0.2) is 36.4 Å². The number of fused-ring (bicyclic) bond motifs is 4. The number of aromatic nitrogens is 4. The van der Waals surface area contributed by atoms with E-state index in [2.05, 4.69) is 20.4 Å². The second-order valence-electron chi connectivity index (χ2n) is 16.8. The van der Waals surface area contributed by atoms with E-state index in [0.717, 1.165) is 104 Å². The van der Waals surface area contributed by atoms with E-state index >= 15 is 0 Å². The second kappa shape index (κ2) is 14.8. The number of aliphatic hydroxyl groups excluding tert-OH is 2. The molecule has 2 fully saturated rings. The number of β-amino-alcohol motifs (C(OH)–C–C–N with tert-alkyl or cyclic N) is 1. The monoisotopic (exact) mass is 768 g/mol. The summed E-state index contributed by atoms with van der Waals surface area (Å²) < 4.78 is 3.79. The van der Waals surface area contributed by atoms with Gasteiger partial charge in [0.25, 0.3) is 11.8 Å². The van der Waals surface area contributed by atoms with Crippen LogP contribution in [0, 0.1) is 17.8 Å². The maximum absolute atomic E-state index is 13.8. The maximum Gasteiger partial charge on any atom is 0.291 e. The SMILES string of the molecule is Cc1c(NC(=O)c2nc3c(n2C)CCN(C[C@@H](C)O)C3)cccc1-c1cccc(NC(=O)c2nc3c(n2C)CCN(CCC24CCC(CO)(CC2)C4)C3)c1Cl. The van der Waals surface area contributed by atoms with E-state index in [4.69, 9.17) is 21.6 Å². The Bertz CT molecular complexity index is 2130. The number of aliphatic hydroxyl groups is 2. The average molecular weight is 769 g/mol. The molecule has 4 heterocycles. The number of anilines is 2. The van der Waals surface area contributed by atoms with Crippen molar-refractivity contribution in [2.24, 2.45) is 24.9 Å². The van der Waals surface area contributed by atoms with Crippen molar-refractivity contribution >= 4 is 34.8 Å². The van der Waals surface area contributed by atoms with Crippen molar-refractivity contribution in [3.63, 3.8) is 0 Å². The van der Waals surface area contributed by atoms with E-state index in [-0.39, 0.29) is 17.2 Å². The Morgan fingerprint density at radius 1 is 0.836 bits per heavy atom. The molecule has 2 aromatic carbocycles. The van der Waals surface area contributed by atoms with E-state index in [9.17, 15) is 19.8 Å². The lowest BCUT2D eigenvalue weighted by Crippen LogP contribution is -2.36. The minimum absolute atomic E-state index is 0.173. The summed E-state index contributed by atoms with van der Waals surface area (Å²) in [4.78, 5) is 41.6. The number of imidazole rings is 2. The van der Waals surface area contributed by atoms with Gasteiger partial charge in [-0.25, -0.2) is 9.97 Å². The molecule has 2 bridgehead atoms. The zero-order chi connectivity index (χ0) is 38.6. The van der Waals surface area contributed by atoms with Crippen molar-refractivity contribution in [2.75, 3.05) is 43.4 Å². The van der Waals surface area contributed by atoms with Crippen molar-refractivity contribution in [3.8, 4) is 11.1 Å². The van der Waals surface area contributed by atoms with Crippen LogP contribution < -0.4 is 10.6 Å². The van der Waals surface area contributed by atoms with Crippen LogP contribution in [0.2, 0.25) is 5.02 Å². The van der Waals surface area contributed by atoms with Crippen molar-refractivity contribution in [2.45, 2.75) is 84.4 Å². The predicted molar refractivity (Wildman–Crippen MR) is 213 cm³/mol. The molecule has 4 N–H and O–H groups in total. The van der Waals surface area contributed by atoms with Gasteiger partial charge in [0.05, 0.1) is 28.2 Å². The zero-order valence-corrected chi connectivity index (χ0v) is 33.2. The molecule has 0 unspecified atom stereocenters. The van der Waals surface area contributed by atoms with Crippen LogP contribution >= 0.6 is 11.6 Å². The van der Waals surface area contributed by atoms with Gasteiger partial charge in [0.2, 0.25) is 0 Å². The number of nitrogens with one attached hydrogen (secondary N) is 2. The molecule has 0 saturated heterocycles. The lowest BCUT2D eigenvalue weighted by molar-refractivity contribution is 0.100. The molecule has 12 nitrogen and oxygen atoms in total. The van der Waals surface area contributed by atoms with Gasteiger partial charge in [-0.05, 0) is 93.0 Å². The smallest absolute Gasteiger partial charge is 0.291 e. The molecule has 0 radical (unpaired) electrons. The number of carbonyl (C=O) groups is 2. The summed E-state index contributed by atoms with van der Waals surface area (Å²) in [5, 5.41) is 26.3. The number of hydrogen-bond donors (Lipinski definition) is 4. The molecule has 13 heteroatoms. The number of nitrogens with zero attached hydrogens (tertiary/aromatic N) is 6. The molecule has 55 heavy (non-hydrogen) atoms. The fourth-order valence-electron chi connectivity index (χ4n) is 9.95. The molecule has 4 aliphatic rings. The fraction of sp³-hybridized carbons (Fsp3) is 0.524. The summed E-state index contributed by atoms with van der Waals surface area (Å²) in [6, 6.07) is 11.2. The molecule has 2 aliphatic carbocycles. The number of amides is 2.